The van der Waals surface area contributed by atoms with Crippen LogP contribution < -0.4 is 10.1 Å². The van der Waals surface area contributed by atoms with Gasteiger partial charge in [-0.1, -0.05) is 0 Å². The Balaban J connectivity index is 1.38. The minimum atomic E-state index is 0.00445. The van der Waals surface area contributed by atoms with Gasteiger partial charge in [-0.2, -0.15) is 4.37 Å². The number of amides is 1. The van der Waals surface area contributed by atoms with Crippen LogP contribution >= 0.6 is 11.5 Å². The van der Waals surface area contributed by atoms with Crippen LogP contribution in [0.2, 0.25) is 0 Å². The van der Waals surface area contributed by atoms with Gasteiger partial charge in [0, 0.05) is 29.1 Å². The lowest BCUT2D eigenvalue weighted by Crippen LogP contribution is -2.57. The first-order valence-corrected chi connectivity index (χ1v) is 9.19. The van der Waals surface area contributed by atoms with Gasteiger partial charge < -0.3 is 15.0 Å². The number of carbonyl (C=O) groups is 1. The molecular weight excluding hydrogens is 322 g/mol. The number of aromatic nitrogens is 1. The number of rotatable bonds is 4. The SMILES string of the molecule is Cc1cc(Oc2ccc(C(=O)N[C@H]3CN4CCC3CC4)cc2)ns1. The lowest BCUT2D eigenvalue weighted by molar-refractivity contribution is 0.0620. The minimum Gasteiger partial charge on any atom is -0.438 e. The Kier molecular flexibility index (Phi) is 4.24. The Hall–Kier alpha value is -1.92. The van der Waals surface area contributed by atoms with E-state index in [2.05, 4.69) is 14.6 Å². The number of nitrogens with zero attached hydrogens (tertiary/aromatic N) is 2. The highest BCUT2D eigenvalue weighted by atomic mass is 32.1. The molecule has 2 bridgehead atoms. The zero-order chi connectivity index (χ0) is 16.5. The first-order chi connectivity index (χ1) is 11.7. The zero-order valence-electron chi connectivity index (χ0n) is 13.7. The number of piperidine rings is 3. The van der Waals surface area contributed by atoms with Gasteiger partial charge in [0.2, 0.25) is 5.88 Å². The number of aryl methyl sites for hydroxylation is 1. The van der Waals surface area contributed by atoms with Crippen molar-refractivity contribution in [2.75, 3.05) is 19.6 Å². The molecule has 1 aromatic carbocycles. The van der Waals surface area contributed by atoms with Gasteiger partial charge in [0.05, 0.1) is 0 Å². The maximum absolute atomic E-state index is 12.5. The van der Waals surface area contributed by atoms with Crippen LogP contribution in [0.5, 0.6) is 11.6 Å². The van der Waals surface area contributed by atoms with E-state index in [1.54, 1.807) is 0 Å². The molecule has 0 aliphatic carbocycles. The summed E-state index contributed by atoms with van der Waals surface area (Å²) >= 11 is 1.41. The van der Waals surface area contributed by atoms with E-state index in [1.165, 1.54) is 37.5 Å². The number of benzene rings is 1. The molecule has 0 unspecified atom stereocenters. The van der Waals surface area contributed by atoms with Crippen molar-refractivity contribution >= 4 is 17.4 Å². The minimum absolute atomic E-state index is 0.00445. The predicted molar refractivity (Wildman–Crippen MR) is 93.8 cm³/mol. The van der Waals surface area contributed by atoms with E-state index >= 15 is 0 Å². The number of nitrogens with one attached hydrogen (secondary N) is 1. The molecule has 0 spiro atoms. The van der Waals surface area contributed by atoms with Crippen molar-refractivity contribution in [1.82, 2.24) is 14.6 Å². The van der Waals surface area contributed by atoms with Gasteiger partial charge in [-0.05, 0) is 74.6 Å². The van der Waals surface area contributed by atoms with Crippen molar-refractivity contribution in [1.29, 1.82) is 0 Å². The van der Waals surface area contributed by atoms with Crippen molar-refractivity contribution in [3.05, 3.63) is 40.8 Å². The molecule has 1 atom stereocenters. The molecule has 24 heavy (non-hydrogen) atoms. The fraction of sp³-hybridized carbons (Fsp3) is 0.444. The molecule has 1 aromatic heterocycles. The summed E-state index contributed by atoms with van der Waals surface area (Å²) in [6, 6.07) is 9.45. The number of fused-ring (bicyclic) bond motifs is 3. The van der Waals surface area contributed by atoms with Crippen molar-refractivity contribution < 1.29 is 9.53 Å². The molecule has 6 heteroatoms. The van der Waals surface area contributed by atoms with Crippen LogP contribution in [0.1, 0.15) is 28.1 Å². The molecule has 3 saturated heterocycles. The molecule has 0 saturated carbocycles. The third-order valence-electron chi connectivity index (χ3n) is 4.92. The first-order valence-electron chi connectivity index (χ1n) is 8.42. The second-order valence-corrected chi connectivity index (χ2v) is 7.63. The standard InChI is InChI=1S/C18H21N3O2S/c1-12-10-17(20-24-12)23-15-4-2-14(3-5-15)18(22)19-16-11-21-8-6-13(16)7-9-21/h2-5,10,13,16H,6-9,11H2,1H3,(H,19,22)/t16-/m0/s1. The normalized spacial score (nSPS) is 25.5. The van der Waals surface area contributed by atoms with E-state index in [0.29, 0.717) is 23.1 Å². The Bertz CT molecular complexity index is 720. The van der Waals surface area contributed by atoms with Gasteiger partial charge in [-0.3, -0.25) is 4.79 Å². The van der Waals surface area contributed by atoms with E-state index in [9.17, 15) is 4.79 Å². The Morgan fingerprint density at radius 2 is 2.04 bits per heavy atom. The molecule has 2 aromatic rings. The van der Waals surface area contributed by atoms with Gasteiger partial charge in [-0.25, -0.2) is 0 Å². The lowest BCUT2D eigenvalue weighted by atomic mass is 9.84. The Morgan fingerprint density at radius 1 is 1.29 bits per heavy atom. The highest BCUT2D eigenvalue weighted by Crippen LogP contribution is 2.28. The summed E-state index contributed by atoms with van der Waals surface area (Å²) in [4.78, 5) is 16.0. The molecule has 126 valence electrons. The van der Waals surface area contributed by atoms with Crippen LogP contribution in [0, 0.1) is 12.8 Å². The number of hydrogen-bond acceptors (Lipinski definition) is 5. The third kappa shape index (κ3) is 3.30. The van der Waals surface area contributed by atoms with E-state index in [0.717, 1.165) is 11.4 Å². The molecule has 3 fully saturated rings. The molecule has 1 amide bonds. The van der Waals surface area contributed by atoms with E-state index in [1.807, 2.05) is 37.3 Å². The molecule has 0 radical (unpaired) electrons. The van der Waals surface area contributed by atoms with Gasteiger partial charge in [0.1, 0.15) is 5.75 Å². The van der Waals surface area contributed by atoms with Crippen LogP contribution in [0.3, 0.4) is 0 Å². The van der Waals surface area contributed by atoms with Gasteiger partial charge in [0.15, 0.2) is 0 Å². The van der Waals surface area contributed by atoms with E-state index in [4.69, 9.17) is 4.74 Å². The summed E-state index contributed by atoms with van der Waals surface area (Å²) in [5.41, 5.74) is 0.674. The number of hydrogen-bond donors (Lipinski definition) is 1. The smallest absolute Gasteiger partial charge is 0.251 e. The van der Waals surface area contributed by atoms with E-state index in [-0.39, 0.29) is 11.9 Å². The molecule has 3 aliphatic heterocycles. The highest BCUT2D eigenvalue weighted by molar-refractivity contribution is 7.05. The van der Waals surface area contributed by atoms with Crippen LogP contribution in [-0.4, -0.2) is 40.9 Å². The number of carbonyl (C=O) groups excluding carboxylic acids is 1. The van der Waals surface area contributed by atoms with Crippen molar-refractivity contribution in [3.63, 3.8) is 0 Å². The third-order valence-corrected chi connectivity index (χ3v) is 5.59. The monoisotopic (exact) mass is 343 g/mol. The summed E-state index contributed by atoms with van der Waals surface area (Å²) in [6.07, 6.45) is 2.40. The zero-order valence-corrected chi connectivity index (χ0v) is 14.5. The molecule has 5 rings (SSSR count). The second-order valence-electron chi connectivity index (χ2n) is 6.62. The Morgan fingerprint density at radius 3 is 2.62 bits per heavy atom. The predicted octanol–water partition coefficient (Wildman–Crippen LogP) is 3.07. The summed E-state index contributed by atoms with van der Waals surface area (Å²) in [5.74, 6) is 1.93. The first kappa shape index (κ1) is 15.6. The number of ether oxygens (including phenoxy) is 1. The quantitative estimate of drug-likeness (QED) is 0.927. The van der Waals surface area contributed by atoms with Gasteiger partial charge in [-0.15, -0.1) is 0 Å². The molecule has 4 heterocycles. The topological polar surface area (TPSA) is 54.5 Å². The van der Waals surface area contributed by atoms with Crippen LogP contribution in [0.25, 0.3) is 0 Å². The molecular formula is C18H21N3O2S. The van der Waals surface area contributed by atoms with Crippen LogP contribution in [0.4, 0.5) is 0 Å². The fourth-order valence-electron chi connectivity index (χ4n) is 3.57. The Labute approximate surface area is 145 Å². The largest absolute Gasteiger partial charge is 0.438 e. The van der Waals surface area contributed by atoms with E-state index < -0.39 is 0 Å². The van der Waals surface area contributed by atoms with Crippen LogP contribution in [-0.2, 0) is 0 Å². The van der Waals surface area contributed by atoms with Crippen molar-refractivity contribution in [3.8, 4) is 11.6 Å². The molecule has 5 nitrogen and oxygen atoms in total. The molecule has 1 N–H and O–H groups in total. The molecule has 3 aliphatic rings. The maximum atomic E-state index is 12.5. The lowest BCUT2D eigenvalue weighted by Gasteiger charge is -2.44. The summed E-state index contributed by atoms with van der Waals surface area (Å²) in [7, 11) is 0. The summed E-state index contributed by atoms with van der Waals surface area (Å²) in [5, 5.41) is 3.21. The van der Waals surface area contributed by atoms with Crippen molar-refractivity contribution in [2.45, 2.75) is 25.8 Å². The highest BCUT2D eigenvalue weighted by Gasteiger charge is 2.34. The summed E-state index contributed by atoms with van der Waals surface area (Å²) < 4.78 is 9.89. The average Bonchev–Trinajstić information content (AvgIpc) is 3.01. The fourth-order valence-corrected chi connectivity index (χ4v) is 4.04. The average molecular weight is 343 g/mol. The van der Waals surface area contributed by atoms with Gasteiger partial charge >= 0.3 is 0 Å². The summed E-state index contributed by atoms with van der Waals surface area (Å²) in [6.45, 7) is 5.34. The van der Waals surface area contributed by atoms with Gasteiger partial charge in [0.25, 0.3) is 5.91 Å². The second kappa shape index (κ2) is 6.53. The maximum Gasteiger partial charge on any atom is 0.251 e. The van der Waals surface area contributed by atoms with Crippen LogP contribution in [0.15, 0.2) is 30.3 Å². The van der Waals surface area contributed by atoms with Crippen molar-refractivity contribution in [2.24, 2.45) is 5.92 Å².